The quantitative estimate of drug-likeness (QED) is 0.588. The van der Waals surface area contributed by atoms with Crippen LogP contribution >= 0.6 is 11.6 Å². The van der Waals surface area contributed by atoms with Crippen LogP contribution in [-0.2, 0) is 4.74 Å². The Labute approximate surface area is 100 Å². The number of alkyl halides is 1. The smallest absolute Gasteiger partial charge is 0.181 e. The zero-order valence-corrected chi connectivity index (χ0v) is 10.4. The summed E-state index contributed by atoms with van der Waals surface area (Å²) in [4.78, 5) is 11.6. The number of hydrogen-bond donors (Lipinski definition) is 0. The first-order valence-corrected chi connectivity index (χ1v) is 5.48. The summed E-state index contributed by atoms with van der Waals surface area (Å²) in [7, 11) is 3.15. The molecular formula is C12H15ClO3. The molecule has 3 nitrogen and oxygen atoms in total. The molecule has 0 radical (unpaired) electrons. The second-order valence-corrected chi connectivity index (χ2v) is 3.63. The second-order valence-electron chi connectivity index (χ2n) is 3.36. The fourth-order valence-electron chi connectivity index (χ4n) is 1.52. The van der Waals surface area contributed by atoms with Gasteiger partial charge in [-0.15, -0.1) is 11.6 Å². The van der Waals surface area contributed by atoms with Crippen LogP contribution in [0, 0.1) is 0 Å². The number of carbonyl (C=O) groups excluding carboxylic acids is 1. The van der Waals surface area contributed by atoms with Crippen LogP contribution in [0.1, 0.15) is 28.9 Å². The average Bonchev–Trinajstić information content (AvgIpc) is 2.35. The molecule has 0 aliphatic heterocycles. The topological polar surface area (TPSA) is 35.5 Å². The van der Waals surface area contributed by atoms with E-state index in [1.165, 1.54) is 7.11 Å². The summed E-state index contributed by atoms with van der Waals surface area (Å²) in [5.41, 5.74) is 1.35. The molecule has 1 rings (SSSR count). The van der Waals surface area contributed by atoms with E-state index in [-0.39, 0.29) is 17.8 Å². The van der Waals surface area contributed by atoms with Crippen LogP contribution in [0.3, 0.4) is 0 Å². The molecule has 4 heteroatoms. The van der Waals surface area contributed by atoms with E-state index < -0.39 is 0 Å². The SMILES string of the molecule is COc1c(C(=O)CCl)cccc1[C@H](C)OC. The van der Waals surface area contributed by atoms with Crippen molar-refractivity contribution in [3.05, 3.63) is 29.3 Å². The molecule has 0 heterocycles. The van der Waals surface area contributed by atoms with E-state index in [0.717, 1.165) is 5.56 Å². The summed E-state index contributed by atoms with van der Waals surface area (Å²) in [6.07, 6.45) is -0.127. The number of ether oxygens (including phenoxy) is 2. The highest BCUT2D eigenvalue weighted by molar-refractivity contribution is 6.30. The van der Waals surface area contributed by atoms with E-state index in [9.17, 15) is 4.79 Å². The number of halogens is 1. The van der Waals surface area contributed by atoms with Crippen molar-refractivity contribution in [3.8, 4) is 5.75 Å². The Bertz CT molecular complexity index is 377. The molecule has 0 fully saturated rings. The van der Waals surface area contributed by atoms with Gasteiger partial charge in [-0.2, -0.15) is 0 Å². The van der Waals surface area contributed by atoms with E-state index in [4.69, 9.17) is 21.1 Å². The van der Waals surface area contributed by atoms with Crippen LogP contribution in [-0.4, -0.2) is 25.9 Å². The lowest BCUT2D eigenvalue weighted by Gasteiger charge is -2.16. The van der Waals surface area contributed by atoms with Crippen molar-refractivity contribution in [2.75, 3.05) is 20.1 Å². The van der Waals surface area contributed by atoms with Gasteiger partial charge in [-0.25, -0.2) is 0 Å². The van der Waals surface area contributed by atoms with Gasteiger partial charge >= 0.3 is 0 Å². The molecule has 0 saturated heterocycles. The van der Waals surface area contributed by atoms with Crippen LogP contribution in [0.25, 0.3) is 0 Å². The maximum Gasteiger partial charge on any atom is 0.181 e. The zero-order valence-electron chi connectivity index (χ0n) is 9.62. The van der Waals surface area contributed by atoms with Gasteiger partial charge in [-0.3, -0.25) is 4.79 Å². The lowest BCUT2D eigenvalue weighted by atomic mass is 10.0. The lowest BCUT2D eigenvalue weighted by molar-refractivity contribution is 0.101. The number of para-hydroxylation sites is 1. The van der Waals surface area contributed by atoms with Crippen LogP contribution in [0.2, 0.25) is 0 Å². The first kappa shape index (κ1) is 13.0. The average molecular weight is 243 g/mol. The molecule has 0 aromatic heterocycles. The molecule has 0 N–H and O–H groups in total. The van der Waals surface area contributed by atoms with Gasteiger partial charge in [0.25, 0.3) is 0 Å². The monoisotopic (exact) mass is 242 g/mol. The second kappa shape index (κ2) is 5.87. The first-order chi connectivity index (χ1) is 7.65. The van der Waals surface area contributed by atoms with Crippen LogP contribution < -0.4 is 4.74 Å². The van der Waals surface area contributed by atoms with E-state index >= 15 is 0 Å². The highest BCUT2D eigenvalue weighted by Crippen LogP contribution is 2.30. The van der Waals surface area contributed by atoms with Gasteiger partial charge in [0.05, 0.1) is 24.7 Å². The van der Waals surface area contributed by atoms with Crippen molar-refractivity contribution < 1.29 is 14.3 Å². The fraction of sp³-hybridized carbons (Fsp3) is 0.417. The first-order valence-electron chi connectivity index (χ1n) is 4.94. The highest BCUT2D eigenvalue weighted by Gasteiger charge is 2.17. The molecule has 1 aromatic rings. The van der Waals surface area contributed by atoms with Crippen LogP contribution in [0.5, 0.6) is 5.75 Å². The van der Waals surface area contributed by atoms with Crippen LogP contribution in [0.4, 0.5) is 0 Å². The van der Waals surface area contributed by atoms with Crippen molar-refractivity contribution in [3.63, 3.8) is 0 Å². The fourth-order valence-corrected chi connectivity index (χ4v) is 1.67. The number of methoxy groups -OCH3 is 2. The number of ketones is 1. The standard InChI is InChI=1S/C12H15ClO3/c1-8(15-2)9-5-4-6-10(11(14)7-13)12(9)16-3/h4-6,8H,7H2,1-3H3/t8-/m0/s1. The van der Waals surface area contributed by atoms with E-state index in [1.807, 2.05) is 13.0 Å². The molecule has 0 unspecified atom stereocenters. The molecule has 0 spiro atoms. The third kappa shape index (κ3) is 2.54. The number of carbonyl (C=O) groups is 1. The van der Waals surface area contributed by atoms with Gasteiger partial charge in [0.2, 0.25) is 0 Å². The van der Waals surface area contributed by atoms with E-state index in [1.54, 1.807) is 19.2 Å². The largest absolute Gasteiger partial charge is 0.496 e. The Morgan fingerprint density at radius 2 is 2.12 bits per heavy atom. The Hall–Kier alpha value is -1.06. The van der Waals surface area contributed by atoms with Gasteiger partial charge < -0.3 is 9.47 Å². The zero-order chi connectivity index (χ0) is 12.1. The lowest BCUT2D eigenvalue weighted by Crippen LogP contribution is -2.07. The van der Waals surface area contributed by atoms with Gasteiger partial charge in [0.1, 0.15) is 5.75 Å². The third-order valence-corrected chi connectivity index (χ3v) is 2.71. The van der Waals surface area contributed by atoms with Gasteiger partial charge in [-0.1, -0.05) is 12.1 Å². The number of hydrogen-bond acceptors (Lipinski definition) is 3. The predicted molar refractivity (Wildman–Crippen MR) is 63.5 cm³/mol. The maximum atomic E-state index is 11.6. The van der Waals surface area contributed by atoms with Gasteiger partial charge in [-0.05, 0) is 13.0 Å². The van der Waals surface area contributed by atoms with Gasteiger partial charge in [0, 0.05) is 12.7 Å². The van der Waals surface area contributed by atoms with E-state index in [2.05, 4.69) is 0 Å². The molecule has 1 atom stereocenters. The summed E-state index contributed by atoms with van der Waals surface area (Å²) in [6.45, 7) is 1.90. The molecule has 0 amide bonds. The summed E-state index contributed by atoms with van der Waals surface area (Å²) in [6, 6.07) is 5.38. The molecular weight excluding hydrogens is 228 g/mol. The Balaban J connectivity index is 3.25. The summed E-state index contributed by atoms with van der Waals surface area (Å²) >= 11 is 5.54. The molecule has 0 saturated carbocycles. The minimum Gasteiger partial charge on any atom is -0.496 e. The van der Waals surface area contributed by atoms with Crippen molar-refractivity contribution in [1.29, 1.82) is 0 Å². The van der Waals surface area contributed by atoms with Crippen molar-refractivity contribution in [2.24, 2.45) is 0 Å². The van der Waals surface area contributed by atoms with Crippen molar-refractivity contribution in [1.82, 2.24) is 0 Å². The number of Topliss-reactive ketones (excluding diaryl/α,β-unsaturated/α-hetero) is 1. The molecule has 16 heavy (non-hydrogen) atoms. The molecule has 0 aliphatic rings. The molecule has 1 aromatic carbocycles. The van der Waals surface area contributed by atoms with Gasteiger partial charge in [0.15, 0.2) is 5.78 Å². The Kier molecular flexibility index (Phi) is 4.77. The third-order valence-electron chi connectivity index (χ3n) is 2.46. The minimum atomic E-state index is -0.149. The van der Waals surface area contributed by atoms with Crippen molar-refractivity contribution in [2.45, 2.75) is 13.0 Å². The number of benzene rings is 1. The normalized spacial score (nSPS) is 12.2. The molecule has 0 aliphatic carbocycles. The Morgan fingerprint density at radius 1 is 1.44 bits per heavy atom. The maximum absolute atomic E-state index is 11.6. The number of rotatable bonds is 5. The Morgan fingerprint density at radius 3 is 2.62 bits per heavy atom. The van der Waals surface area contributed by atoms with Crippen LogP contribution in [0.15, 0.2) is 18.2 Å². The van der Waals surface area contributed by atoms with E-state index in [0.29, 0.717) is 11.3 Å². The summed E-state index contributed by atoms with van der Waals surface area (Å²) < 4.78 is 10.5. The summed E-state index contributed by atoms with van der Waals surface area (Å²) in [5, 5.41) is 0. The minimum absolute atomic E-state index is 0.0544. The highest BCUT2D eigenvalue weighted by atomic mass is 35.5. The molecule has 88 valence electrons. The van der Waals surface area contributed by atoms with Crippen molar-refractivity contribution >= 4 is 17.4 Å². The summed E-state index contributed by atoms with van der Waals surface area (Å²) in [5.74, 6) is 0.340. The molecule has 0 bridgehead atoms. The predicted octanol–water partition coefficient (Wildman–Crippen LogP) is 2.82.